The van der Waals surface area contributed by atoms with Crippen molar-refractivity contribution in [2.45, 2.75) is 38.1 Å². The molecule has 3 nitrogen and oxygen atoms in total. The average Bonchev–Trinajstić information content (AvgIpc) is 2.33. The van der Waals surface area contributed by atoms with E-state index in [-0.39, 0.29) is 18.0 Å². The lowest BCUT2D eigenvalue weighted by Crippen LogP contribution is -2.55. The molecule has 0 saturated heterocycles. The van der Waals surface area contributed by atoms with E-state index in [2.05, 4.69) is 15.9 Å². The molecule has 0 aliphatic heterocycles. The number of aliphatic hydroxyl groups excluding tert-OH is 1. The summed E-state index contributed by atoms with van der Waals surface area (Å²) in [6.45, 7) is 2.57. The lowest BCUT2D eigenvalue weighted by Gasteiger charge is -2.40. The maximum absolute atomic E-state index is 13.5. The fraction of sp³-hybridized carbons (Fsp3) is 0.538. The number of hydrogen-bond donors (Lipinski definition) is 1. The van der Waals surface area contributed by atoms with Crippen LogP contribution in [0.5, 0.6) is 5.75 Å². The standard InChI is InChI=1S/C13H16BrFO3/c1-2-5-17-13-10(16)7-12(13)18-11-6-8(14)3-4-9(11)15/h3-4,6,10,12-13,16H,2,5,7H2,1H3. The van der Waals surface area contributed by atoms with Crippen LogP contribution >= 0.6 is 15.9 Å². The van der Waals surface area contributed by atoms with E-state index in [0.717, 1.165) is 10.9 Å². The molecule has 0 heterocycles. The van der Waals surface area contributed by atoms with Gasteiger partial charge in [-0.05, 0) is 24.6 Å². The Morgan fingerprint density at radius 2 is 2.28 bits per heavy atom. The van der Waals surface area contributed by atoms with Gasteiger partial charge in [0, 0.05) is 17.5 Å². The Morgan fingerprint density at radius 1 is 1.50 bits per heavy atom. The van der Waals surface area contributed by atoms with Gasteiger partial charge in [-0.1, -0.05) is 22.9 Å². The molecule has 0 bridgehead atoms. The minimum Gasteiger partial charge on any atom is -0.484 e. The van der Waals surface area contributed by atoms with Crippen molar-refractivity contribution in [2.24, 2.45) is 0 Å². The first-order chi connectivity index (χ1) is 8.61. The summed E-state index contributed by atoms with van der Waals surface area (Å²) in [5.74, 6) is -0.222. The first-order valence-corrected chi connectivity index (χ1v) is 6.82. The lowest BCUT2D eigenvalue weighted by atomic mass is 9.88. The van der Waals surface area contributed by atoms with Crippen molar-refractivity contribution in [3.8, 4) is 5.75 Å². The summed E-state index contributed by atoms with van der Waals surface area (Å²) in [6.07, 6.45) is 0.192. The van der Waals surface area contributed by atoms with Gasteiger partial charge >= 0.3 is 0 Å². The molecule has 0 spiro atoms. The highest BCUT2D eigenvalue weighted by Gasteiger charge is 2.43. The van der Waals surface area contributed by atoms with Crippen LogP contribution in [0.3, 0.4) is 0 Å². The van der Waals surface area contributed by atoms with E-state index in [1.165, 1.54) is 6.07 Å². The van der Waals surface area contributed by atoms with Crippen LogP contribution in [0.4, 0.5) is 4.39 Å². The van der Waals surface area contributed by atoms with Gasteiger partial charge in [-0.3, -0.25) is 0 Å². The van der Waals surface area contributed by atoms with Gasteiger partial charge in [0.1, 0.15) is 12.2 Å². The maximum Gasteiger partial charge on any atom is 0.165 e. The van der Waals surface area contributed by atoms with Gasteiger partial charge in [0.05, 0.1) is 6.10 Å². The Kier molecular flexibility index (Phi) is 4.59. The first-order valence-electron chi connectivity index (χ1n) is 6.03. The highest BCUT2D eigenvalue weighted by molar-refractivity contribution is 9.10. The summed E-state index contributed by atoms with van der Waals surface area (Å²) in [6, 6.07) is 4.54. The fourth-order valence-corrected chi connectivity index (χ4v) is 2.22. The van der Waals surface area contributed by atoms with Crippen molar-refractivity contribution < 1.29 is 19.0 Å². The summed E-state index contributed by atoms with van der Waals surface area (Å²) < 4.78 is 25.3. The molecule has 1 N–H and O–H groups in total. The van der Waals surface area contributed by atoms with Crippen LogP contribution in [0.1, 0.15) is 19.8 Å². The highest BCUT2D eigenvalue weighted by Crippen LogP contribution is 2.31. The highest BCUT2D eigenvalue weighted by atomic mass is 79.9. The predicted molar refractivity (Wildman–Crippen MR) is 69.2 cm³/mol. The molecule has 0 radical (unpaired) electrons. The summed E-state index contributed by atoms with van der Waals surface area (Å²) in [5.41, 5.74) is 0. The molecule has 1 aliphatic carbocycles. The summed E-state index contributed by atoms with van der Waals surface area (Å²) in [5, 5.41) is 9.60. The van der Waals surface area contributed by atoms with Crippen LogP contribution in [0.25, 0.3) is 0 Å². The van der Waals surface area contributed by atoms with Crippen LogP contribution in [0.2, 0.25) is 0 Å². The third kappa shape index (κ3) is 3.02. The van der Waals surface area contributed by atoms with Gasteiger partial charge in [0.25, 0.3) is 0 Å². The molecule has 1 aromatic carbocycles. The first kappa shape index (κ1) is 13.8. The number of halogens is 2. The minimum atomic E-state index is -0.517. The van der Waals surface area contributed by atoms with Crippen LogP contribution in [-0.4, -0.2) is 30.0 Å². The molecular weight excluding hydrogens is 303 g/mol. The second-order valence-electron chi connectivity index (χ2n) is 4.37. The quantitative estimate of drug-likeness (QED) is 0.907. The second kappa shape index (κ2) is 5.99. The van der Waals surface area contributed by atoms with Gasteiger partial charge in [-0.25, -0.2) is 4.39 Å². The fourth-order valence-electron chi connectivity index (χ4n) is 1.88. The molecule has 0 amide bonds. The van der Waals surface area contributed by atoms with Gasteiger partial charge in [-0.2, -0.15) is 0 Å². The lowest BCUT2D eigenvalue weighted by molar-refractivity contribution is -0.163. The monoisotopic (exact) mass is 318 g/mol. The summed E-state index contributed by atoms with van der Waals surface area (Å²) >= 11 is 3.27. The van der Waals surface area contributed by atoms with Gasteiger partial charge in [0.15, 0.2) is 11.6 Å². The number of rotatable bonds is 5. The molecule has 100 valence electrons. The van der Waals surface area contributed by atoms with E-state index in [9.17, 15) is 9.50 Å². The molecule has 1 fully saturated rings. The Morgan fingerprint density at radius 3 is 2.94 bits per heavy atom. The molecular formula is C13H16BrFO3. The number of ether oxygens (including phenoxy) is 2. The molecule has 0 aromatic heterocycles. The van der Waals surface area contributed by atoms with Crippen LogP contribution in [-0.2, 0) is 4.74 Å². The molecule has 1 aliphatic rings. The topological polar surface area (TPSA) is 38.7 Å². The van der Waals surface area contributed by atoms with E-state index in [4.69, 9.17) is 9.47 Å². The van der Waals surface area contributed by atoms with E-state index < -0.39 is 11.9 Å². The molecule has 5 heteroatoms. The predicted octanol–water partition coefficient (Wildman–Crippen LogP) is 2.90. The molecule has 3 unspecified atom stereocenters. The number of aliphatic hydroxyl groups is 1. The van der Waals surface area contributed by atoms with Gasteiger partial charge < -0.3 is 14.6 Å². The van der Waals surface area contributed by atoms with E-state index >= 15 is 0 Å². The zero-order valence-electron chi connectivity index (χ0n) is 10.1. The summed E-state index contributed by atoms with van der Waals surface area (Å²) in [7, 11) is 0. The minimum absolute atomic E-state index is 0.186. The zero-order chi connectivity index (χ0) is 13.1. The largest absolute Gasteiger partial charge is 0.484 e. The van der Waals surface area contributed by atoms with Crippen molar-refractivity contribution in [3.05, 3.63) is 28.5 Å². The Labute approximate surface area is 114 Å². The van der Waals surface area contributed by atoms with Crippen molar-refractivity contribution in [3.63, 3.8) is 0 Å². The van der Waals surface area contributed by atoms with Crippen molar-refractivity contribution in [1.29, 1.82) is 0 Å². The number of hydrogen-bond acceptors (Lipinski definition) is 3. The molecule has 3 atom stereocenters. The molecule has 1 saturated carbocycles. The number of benzene rings is 1. The normalized spacial score (nSPS) is 26.8. The van der Waals surface area contributed by atoms with Gasteiger partial charge in [-0.15, -0.1) is 0 Å². The van der Waals surface area contributed by atoms with Crippen molar-refractivity contribution >= 4 is 15.9 Å². The van der Waals surface area contributed by atoms with Crippen LogP contribution in [0.15, 0.2) is 22.7 Å². The van der Waals surface area contributed by atoms with E-state index in [0.29, 0.717) is 13.0 Å². The maximum atomic E-state index is 13.5. The third-order valence-electron chi connectivity index (χ3n) is 2.91. The van der Waals surface area contributed by atoms with Crippen LogP contribution in [0, 0.1) is 5.82 Å². The smallest absolute Gasteiger partial charge is 0.165 e. The summed E-state index contributed by atoms with van der Waals surface area (Å²) in [4.78, 5) is 0. The molecule has 2 rings (SSSR count). The van der Waals surface area contributed by atoms with E-state index in [1.807, 2.05) is 6.92 Å². The average molecular weight is 319 g/mol. The molecule has 18 heavy (non-hydrogen) atoms. The Balaban J connectivity index is 1.98. The van der Waals surface area contributed by atoms with E-state index in [1.54, 1.807) is 12.1 Å². The molecule has 1 aromatic rings. The zero-order valence-corrected chi connectivity index (χ0v) is 11.7. The van der Waals surface area contributed by atoms with Crippen molar-refractivity contribution in [2.75, 3.05) is 6.61 Å². The van der Waals surface area contributed by atoms with Crippen LogP contribution < -0.4 is 4.74 Å². The SMILES string of the molecule is CCCOC1C(O)CC1Oc1cc(Br)ccc1F. The van der Waals surface area contributed by atoms with Gasteiger partial charge in [0.2, 0.25) is 0 Å². The Bertz CT molecular complexity index is 413. The second-order valence-corrected chi connectivity index (χ2v) is 5.29. The third-order valence-corrected chi connectivity index (χ3v) is 3.40. The van der Waals surface area contributed by atoms with Crippen molar-refractivity contribution in [1.82, 2.24) is 0 Å². The Hall–Kier alpha value is -0.650.